The second kappa shape index (κ2) is 9.95. The molecule has 2 fully saturated rings. The average Bonchev–Trinajstić information content (AvgIpc) is 2.84. The van der Waals surface area contributed by atoms with Crippen LogP contribution in [0, 0.1) is 5.82 Å². The third-order valence-electron chi connectivity index (χ3n) is 5.54. The number of benzene rings is 2. The van der Waals surface area contributed by atoms with E-state index in [9.17, 15) is 17.6 Å². The summed E-state index contributed by atoms with van der Waals surface area (Å²) in [6.45, 7) is 3.71. The van der Waals surface area contributed by atoms with Crippen molar-refractivity contribution in [2.24, 2.45) is 0 Å². The van der Waals surface area contributed by atoms with Crippen molar-refractivity contribution in [3.63, 3.8) is 0 Å². The van der Waals surface area contributed by atoms with Gasteiger partial charge in [0.25, 0.3) is 5.91 Å². The van der Waals surface area contributed by atoms with Gasteiger partial charge in [0, 0.05) is 38.4 Å². The summed E-state index contributed by atoms with van der Waals surface area (Å²) in [4.78, 5) is 15.2. The van der Waals surface area contributed by atoms with Gasteiger partial charge in [-0.25, -0.2) is 12.8 Å². The summed E-state index contributed by atoms with van der Waals surface area (Å²) in [6, 6.07) is 10.5. The third-order valence-corrected chi connectivity index (χ3v) is 7.43. The van der Waals surface area contributed by atoms with Gasteiger partial charge in [-0.15, -0.1) is 0 Å². The van der Waals surface area contributed by atoms with E-state index in [1.807, 2.05) is 4.90 Å². The highest BCUT2D eigenvalue weighted by Gasteiger charge is 2.29. The van der Waals surface area contributed by atoms with Crippen molar-refractivity contribution >= 4 is 21.6 Å². The van der Waals surface area contributed by atoms with E-state index in [1.165, 1.54) is 22.5 Å². The Kier molecular flexibility index (Phi) is 7.04. The molecule has 32 heavy (non-hydrogen) atoms. The van der Waals surface area contributed by atoms with Crippen LogP contribution in [0.15, 0.2) is 47.4 Å². The summed E-state index contributed by atoms with van der Waals surface area (Å²) < 4.78 is 51.5. The Morgan fingerprint density at radius 3 is 2.22 bits per heavy atom. The molecule has 2 saturated heterocycles. The van der Waals surface area contributed by atoms with Crippen molar-refractivity contribution in [2.45, 2.75) is 11.4 Å². The molecular formula is C22H26FN3O5S. The monoisotopic (exact) mass is 463 g/mol. The molecule has 2 aliphatic rings. The Hall–Kier alpha value is -2.53. The normalized spacial score (nSPS) is 17.8. The number of nitrogens with zero attached hydrogens (tertiary/aromatic N) is 2. The van der Waals surface area contributed by atoms with Crippen molar-refractivity contribution in [1.29, 1.82) is 0 Å². The molecule has 1 N–H and O–H groups in total. The van der Waals surface area contributed by atoms with Gasteiger partial charge in [-0.1, -0.05) is 12.1 Å². The van der Waals surface area contributed by atoms with Gasteiger partial charge in [-0.3, -0.25) is 4.79 Å². The second-order valence-corrected chi connectivity index (χ2v) is 9.54. The van der Waals surface area contributed by atoms with Gasteiger partial charge in [0.1, 0.15) is 5.82 Å². The van der Waals surface area contributed by atoms with E-state index in [2.05, 4.69) is 5.32 Å². The molecule has 2 aliphatic heterocycles. The number of rotatable bonds is 6. The molecule has 2 aromatic rings. The number of carbonyl (C=O) groups is 1. The van der Waals surface area contributed by atoms with E-state index >= 15 is 0 Å². The van der Waals surface area contributed by atoms with Crippen LogP contribution in [0.2, 0.25) is 0 Å². The molecule has 8 nitrogen and oxygen atoms in total. The van der Waals surface area contributed by atoms with Gasteiger partial charge in [-0.05, 0) is 35.9 Å². The zero-order valence-electron chi connectivity index (χ0n) is 17.6. The molecule has 0 atom stereocenters. The molecule has 0 saturated carbocycles. The van der Waals surface area contributed by atoms with E-state index < -0.39 is 15.9 Å². The molecule has 0 aromatic heterocycles. The fraction of sp³-hybridized carbons (Fsp3) is 0.409. The lowest BCUT2D eigenvalue weighted by atomic mass is 10.1. The maximum absolute atomic E-state index is 13.1. The Morgan fingerprint density at radius 1 is 0.938 bits per heavy atom. The molecule has 2 aromatic carbocycles. The Labute approximate surface area is 187 Å². The topological polar surface area (TPSA) is 88.2 Å². The SMILES string of the molecule is O=C(NCc1ccc(F)cc1)c1cc(S(=O)(=O)N2CCOCC2)ccc1N1CCOCC1. The van der Waals surface area contributed by atoms with Gasteiger partial charge < -0.3 is 19.7 Å². The number of amides is 1. The molecule has 0 unspecified atom stereocenters. The Bertz CT molecular complexity index is 1050. The standard InChI is InChI=1S/C22H26FN3O5S/c23-18-3-1-17(2-4-18)16-24-22(27)20-15-19(32(28,29)26-9-13-31-14-10-26)5-6-21(20)25-7-11-30-12-8-25/h1-6,15H,7-14,16H2,(H,24,27). The van der Waals surface area contributed by atoms with Crippen LogP contribution in [0.3, 0.4) is 0 Å². The largest absolute Gasteiger partial charge is 0.379 e. The number of morpholine rings is 2. The first-order valence-corrected chi connectivity index (χ1v) is 12.0. The molecule has 0 radical (unpaired) electrons. The summed E-state index contributed by atoms with van der Waals surface area (Å²) >= 11 is 0. The maximum atomic E-state index is 13.1. The van der Waals surface area contributed by atoms with E-state index in [4.69, 9.17) is 9.47 Å². The number of anilines is 1. The summed E-state index contributed by atoms with van der Waals surface area (Å²) in [7, 11) is -3.75. The van der Waals surface area contributed by atoms with Gasteiger partial charge in [0.05, 0.1) is 36.9 Å². The predicted molar refractivity (Wildman–Crippen MR) is 117 cm³/mol. The minimum Gasteiger partial charge on any atom is -0.379 e. The fourth-order valence-corrected chi connectivity index (χ4v) is 5.19. The lowest BCUT2D eigenvalue weighted by Crippen LogP contribution is -2.41. The van der Waals surface area contributed by atoms with Crippen LogP contribution in [0.4, 0.5) is 10.1 Å². The summed E-state index contributed by atoms with van der Waals surface area (Å²) in [6.07, 6.45) is 0. The number of hydrogen-bond acceptors (Lipinski definition) is 6. The van der Waals surface area contributed by atoms with Crippen molar-refractivity contribution in [1.82, 2.24) is 9.62 Å². The molecule has 2 heterocycles. The van der Waals surface area contributed by atoms with Gasteiger partial charge in [0.2, 0.25) is 10.0 Å². The van der Waals surface area contributed by atoms with Crippen LogP contribution in [-0.2, 0) is 26.0 Å². The first-order valence-electron chi connectivity index (χ1n) is 10.5. The maximum Gasteiger partial charge on any atom is 0.253 e. The number of carbonyl (C=O) groups excluding carboxylic acids is 1. The van der Waals surface area contributed by atoms with Gasteiger partial charge in [-0.2, -0.15) is 4.31 Å². The lowest BCUT2D eigenvalue weighted by molar-refractivity contribution is 0.0730. The zero-order valence-corrected chi connectivity index (χ0v) is 18.4. The molecule has 10 heteroatoms. The van der Waals surface area contributed by atoms with E-state index in [0.717, 1.165) is 5.56 Å². The second-order valence-electron chi connectivity index (χ2n) is 7.60. The first kappa shape index (κ1) is 22.7. The third kappa shape index (κ3) is 5.09. The predicted octanol–water partition coefficient (Wildman–Crippen LogP) is 1.61. The van der Waals surface area contributed by atoms with Crippen LogP contribution >= 0.6 is 0 Å². The number of sulfonamides is 1. The minimum atomic E-state index is -3.75. The van der Waals surface area contributed by atoms with E-state index in [-0.39, 0.29) is 35.9 Å². The molecule has 0 bridgehead atoms. The Balaban J connectivity index is 1.62. The number of halogens is 1. The van der Waals surface area contributed by atoms with Crippen molar-refractivity contribution in [3.8, 4) is 0 Å². The highest BCUT2D eigenvalue weighted by Crippen LogP contribution is 2.27. The van der Waals surface area contributed by atoms with E-state index in [0.29, 0.717) is 45.2 Å². The van der Waals surface area contributed by atoms with Gasteiger partial charge in [0.15, 0.2) is 0 Å². The number of ether oxygens (including phenoxy) is 2. The highest BCUT2D eigenvalue weighted by molar-refractivity contribution is 7.89. The van der Waals surface area contributed by atoms with Crippen LogP contribution in [-0.4, -0.2) is 71.2 Å². The lowest BCUT2D eigenvalue weighted by Gasteiger charge is -2.31. The molecule has 4 rings (SSSR count). The highest BCUT2D eigenvalue weighted by atomic mass is 32.2. The smallest absolute Gasteiger partial charge is 0.253 e. The van der Waals surface area contributed by atoms with Crippen LogP contribution in [0.1, 0.15) is 15.9 Å². The first-order chi connectivity index (χ1) is 15.4. The van der Waals surface area contributed by atoms with Crippen LogP contribution in [0.25, 0.3) is 0 Å². The van der Waals surface area contributed by atoms with Crippen molar-refractivity contribution in [2.75, 3.05) is 57.5 Å². The Morgan fingerprint density at radius 2 is 1.56 bits per heavy atom. The minimum absolute atomic E-state index is 0.0725. The molecular weight excluding hydrogens is 437 g/mol. The van der Waals surface area contributed by atoms with Crippen molar-refractivity contribution in [3.05, 3.63) is 59.4 Å². The summed E-state index contributed by atoms with van der Waals surface area (Å²) in [5, 5.41) is 2.82. The summed E-state index contributed by atoms with van der Waals surface area (Å²) in [5.74, 6) is -0.745. The molecule has 172 valence electrons. The quantitative estimate of drug-likeness (QED) is 0.701. The zero-order chi connectivity index (χ0) is 22.6. The summed E-state index contributed by atoms with van der Waals surface area (Å²) in [5.41, 5.74) is 1.68. The number of hydrogen-bond donors (Lipinski definition) is 1. The van der Waals surface area contributed by atoms with Crippen LogP contribution in [0.5, 0.6) is 0 Å². The molecule has 0 spiro atoms. The molecule has 1 amide bonds. The van der Waals surface area contributed by atoms with E-state index in [1.54, 1.807) is 24.3 Å². The average molecular weight is 464 g/mol. The fourth-order valence-electron chi connectivity index (χ4n) is 3.75. The molecule has 0 aliphatic carbocycles. The van der Waals surface area contributed by atoms with Crippen LogP contribution < -0.4 is 10.2 Å². The van der Waals surface area contributed by atoms with Gasteiger partial charge >= 0.3 is 0 Å². The van der Waals surface area contributed by atoms with Crippen molar-refractivity contribution < 1.29 is 27.1 Å². The number of nitrogens with one attached hydrogen (secondary N) is 1.